The van der Waals surface area contributed by atoms with E-state index in [4.69, 9.17) is 14.2 Å². The minimum atomic E-state index is -3.77. The van der Waals surface area contributed by atoms with Crippen molar-refractivity contribution >= 4 is 21.6 Å². The van der Waals surface area contributed by atoms with Crippen molar-refractivity contribution in [1.82, 2.24) is 5.32 Å². The predicted molar refractivity (Wildman–Crippen MR) is 130 cm³/mol. The van der Waals surface area contributed by atoms with Crippen molar-refractivity contribution in [3.05, 3.63) is 48.0 Å². The number of anilines is 1. The zero-order valence-electron chi connectivity index (χ0n) is 20.0. The minimum absolute atomic E-state index is 0.290. The number of sulfonamides is 1. The van der Waals surface area contributed by atoms with Crippen molar-refractivity contribution in [3.8, 4) is 17.2 Å². The Morgan fingerprint density at radius 3 is 2.44 bits per heavy atom. The monoisotopic (exact) mass is 488 g/mol. The third-order valence-corrected chi connectivity index (χ3v) is 7.91. The highest BCUT2D eigenvalue weighted by molar-refractivity contribution is 7.92. The van der Waals surface area contributed by atoms with Crippen LogP contribution in [0, 0.1) is 0 Å². The Kier molecular flexibility index (Phi) is 6.66. The van der Waals surface area contributed by atoms with Gasteiger partial charge in [-0.1, -0.05) is 32.0 Å². The van der Waals surface area contributed by atoms with E-state index in [1.165, 1.54) is 0 Å². The molecule has 0 aromatic heterocycles. The number of para-hydroxylation sites is 1. The molecule has 2 heterocycles. The van der Waals surface area contributed by atoms with Gasteiger partial charge in [0.2, 0.25) is 15.9 Å². The van der Waals surface area contributed by atoms with Gasteiger partial charge in [0.05, 0.1) is 18.0 Å². The number of nitrogens with one attached hydrogen (secondary N) is 1. The van der Waals surface area contributed by atoms with Gasteiger partial charge in [-0.3, -0.25) is 9.10 Å². The van der Waals surface area contributed by atoms with E-state index in [2.05, 4.69) is 19.2 Å². The lowest BCUT2D eigenvalue weighted by Crippen LogP contribution is -2.51. The number of hydrogen-bond donors (Lipinski definition) is 1. The van der Waals surface area contributed by atoms with Crippen molar-refractivity contribution in [3.63, 3.8) is 0 Å². The van der Waals surface area contributed by atoms with Crippen LogP contribution in [0.2, 0.25) is 0 Å². The molecule has 2 aliphatic rings. The molecule has 8 nitrogen and oxygen atoms in total. The van der Waals surface area contributed by atoms with Crippen LogP contribution in [0.25, 0.3) is 0 Å². The Morgan fingerprint density at radius 2 is 1.76 bits per heavy atom. The summed E-state index contributed by atoms with van der Waals surface area (Å²) in [7, 11) is -3.77. The average molecular weight is 489 g/mol. The fourth-order valence-corrected chi connectivity index (χ4v) is 5.87. The van der Waals surface area contributed by atoms with Crippen LogP contribution < -0.4 is 23.8 Å². The second kappa shape index (κ2) is 9.37. The molecule has 0 saturated heterocycles. The van der Waals surface area contributed by atoms with E-state index in [1.54, 1.807) is 25.1 Å². The molecule has 184 valence electrons. The van der Waals surface area contributed by atoms with Gasteiger partial charge in [-0.15, -0.1) is 0 Å². The molecule has 2 atom stereocenters. The Bertz CT molecular complexity index is 1160. The first-order chi connectivity index (χ1) is 16.2. The summed E-state index contributed by atoms with van der Waals surface area (Å²) >= 11 is 0. The van der Waals surface area contributed by atoms with Crippen LogP contribution in [0.1, 0.15) is 51.6 Å². The standard InChI is InChI=1S/C25H32N2O6S/c1-5-25(6-2)16-20(19-9-7-8-10-21(19)33-25)26-24(28)17(3)27(34(4,29)30)18-11-12-22-23(15-18)32-14-13-31-22/h7-12,15,17,20H,5-6,13-14,16H2,1-4H3,(H,26,28)/t17-,20+/m0/s1. The van der Waals surface area contributed by atoms with Crippen LogP contribution in [0.5, 0.6) is 17.2 Å². The van der Waals surface area contributed by atoms with Crippen LogP contribution in [-0.2, 0) is 14.8 Å². The Labute approximate surface area is 201 Å². The number of carbonyl (C=O) groups excluding carboxylic acids is 1. The topological polar surface area (TPSA) is 94.2 Å². The molecule has 1 amide bonds. The van der Waals surface area contributed by atoms with Crippen LogP contribution in [0.4, 0.5) is 5.69 Å². The van der Waals surface area contributed by atoms with E-state index in [0.29, 0.717) is 36.8 Å². The smallest absolute Gasteiger partial charge is 0.244 e. The number of hydrogen-bond acceptors (Lipinski definition) is 6. The molecule has 0 saturated carbocycles. The highest BCUT2D eigenvalue weighted by Gasteiger charge is 2.40. The molecule has 9 heteroatoms. The first-order valence-electron chi connectivity index (χ1n) is 11.6. The predicted octanol–water partition coefficient (Wildman–Crippen LogP) is 3.81. The summed E-state index contributed by atoms with van der Waals surface area (Å²) in [6.45, 7) is 6.55. The molecule has 0 fully saturated rings. The molecule has 0 radical (unpaired) electrons. The number of amides is 1. The molecule has 34 heavy (non-hydrogen) atoms. The van der Waals surface area contributed by atoms with Gasteiger partial charge in [-0.05, 0) is 38.0 Å². The van der Waals surface area contributed by atoms with E-state index in [0.717, 1.165) is 34.7 Å². The quantitative estimate of drug-likeness (QED) is 0.637. The van der Waals surface area contributed by atoms with Gasteiger partial charge in [-0.25, -0.2) is 8.42 Å². The lowest BCUT2D eigenvalue weighted by Gasteiger charge is -2.42. The van der Waals surface area contributed by atoms with E-state index < -0.39 is 16.1 Å². The van der Waals surface area contributed by atoms with Gasteiger partial charge in [0.1, 0.15) is 30.6 Å². The fraction of sp³-hybridized carbons (Fsp3) is 0.480. The number of rotatable bonds is 7. The van der Waals surface area contributed by atoms with Gasteiger partial charge < -0.3 is 19.5 Å². The third-order valence-electron chi connectivity index (χ3n) is 6.67. The maximum atomic E-state index is 13.4. The van der Waals surface area contributed by atoms with Crippen LogP contribution in [-0.4, -0.2) is 45.4 Å². The number of nitrogens with zero attached hydrogens (tertiary/aromatic N) is 1. The highest BCUT2D eigenvalue weighted by atomic mass is 32.2. The Morgan fingerprint density at radius 1 is 1.09 bits per heavy atom. The van der Waals surface area contributed by atoms with Gasteiger partial charge in [0.15, 0.2) is 11.5 Å². The lowest BCUT2D eigenvalue weighted by atomic mass is 9.83. The summed E-state index contributed by atoms with van der Waals surface area (Å²) in [6, 6.07) is 11.3. The molecule has 0 bridgehead atoms. The first-order valence-corrected chi connectivity index (χ1v) is 13.5. The number of benzene rings is 2. The molecule has 2 aromatic rings. The van der Waals surface area contributed by atoms with Crippen molar-refractivity contribution in [2.24, 2.45) is 0 Å². The molecule has 2 aromatic carbocycles. The molecule has 0 spiro atoms. The molecular formula is C25H32N2O6S. The normalized spacial score (nSPS) is 19.4. The molecule has 0 aliphatic carbocycles. The molecule has 1 N–H and O–H groups in total. The van der Waals surface area contributed by atoms with Gasteiger partial charge in [0, 0.05) is 18.1 Å². The van der Waals surface area contributed by atoms with Crippen LogP contribution in [0.15, 0.2) is 42.5 Å². The minimum Gasteiger partial charge on any atom is -0.487 e. The number of ether oxygens (including phenoxy) is 3. The number of fused-ring (bicyclic) bond motifs is 2. The summed E-state index contributed by atoms with van der Waals surface area (Å²) in [5, 5.41) is 3.10. The Balaban J connectivity index is 1.62. The Hall–Kier alpha value is -2.94. The summed E-state index contributed by atoms with van der Waals surface area (Å²) in [6.07, 6.45) is 3.30. The lowest BCUT2D eigenvalue weighted by molar-refractivity contribution is -0.123. The van der Waals surface area contributed by atoms with Gasteiger partial charge in [-0.2, -0.15) is 0 Å². The van der Waals surface area contributed by atoms with Crippen LogP contribution in [0.3, 0.4) is 0 Å². The summed E-state index contributed by atoms with van der Waals surface area (Å²) in [4.78, 5) is 13.4. The average Bonchev–Trinajstić information content (AvgIpc) is 2.83. The molecule has 2 aliphatic heterocycles. The van der Waals surface area contributed by atoms with Gasteiger partial charge >= 0.3 is 0 Å². The second-order valence-corrected chi connectivity index (χ2v) is 10.7. The first kappa shape index (κ1) is 24.2. The zero-order valence-corrected chi connectivity index (χ0v) is 20.9. The van der Waals surface area contributed by atoms with Crippen molar-refractivity contribution in [2.45, 2.75) is 57.7 Å². The summed E-state index contributed by atoms with van der Waals surface area (Å²) < 4.78 is 44.2. The SMILES string of the molecule is CCC1(CC)C[C@@H](NC(=O)[C@H](C)N(c2ccc3c(c2)OCCO3)S(C)(=O)=O)c2ccccc2O1. The van der Waals surface area contributed by atoms with Crippen molar-refractivity contribution < 1.29 is 27.4 Å². The second-order valence-electron chi connectivity index (χ2n) is 8.86. The largest absolute Gasteiger partial charge is 0.487 e. The van der Waals surface area contributed by atoms with Gasteiger partial charge in [0.25, 0.3) is 0 Å². The van der Waals surface area contributed by atoms with E-state index in [9.17, 15) is 13.2 Å². The van der Waals surface area contributed by atoms with E-state index >= 15 is 0 Å². The summed E-state index contributed by atoms with van der Waals surface area (Å²) in [5.41, 5.74) is 0.853. The van der Waals surface area contributed by atoms with Crippen molar-refractivity contribution in [2.75, 3.05) is 23.8 Å². The fourth-order valence-electron chi connectivity index (χ4n) is 4.70. The zero-order chi connectivity index (χ0) is 24.5. The number of carbonyl (C=O) groups is 1. The molecule has 4 rings (SSSR count). The highest BCUT2D eigenvalue weighted by Crippen LogP contribution is 2.43. The molecular weight excluding hydrogens is 456 g/mol. The van der Waals surface area contributed by atoms with E-state index in [-0.39, 0.29) is 17.6 Å². The molecule has 0 unspecified atom stereocenters. The third kappa shape index (κ3) is 4.66. The maximum absolute atomic E-state index is 13.4. The maximum Gasteiger partial charge on any atom is 0.244 e. The van der Waals surface area contributed by atoms with Crippen molar-refractivity contribution in [1.29, 1.82) is 0 Å². The van der Waals surface area contributed by atoms with E-state index in [1.807, 2.05) is 24.3 Å². The summed E-state index contributed by atoms with van der Waals surface area (Å²) in [5.74, 6) is 1.37. The van der Waals surface area contributed by atoms with Crippen LogP contribution >= 0.6 is 0 Å².